The summed E-state index contributed by atoms with van der Waals surface area (Å²) in [5.74, 6) is 0.740. The number of carbonyl (C=O) groups excluding carboxylic acids is 1. The van der Waals surface area contributed by atoms with Gasteiger partial charge in [-0.15, -0.1) is 0 Å². The van der Waals surface area contributed by atoms with E-state index in [0.29, 0.717) is 23.6 Å². The Bertz CT molecular complexity index is 872. The van der Waals surface area contributed by atoms with Gasteiger partial charge in [0, 0.05) is 25.2 Å². The fourth-order valence-electron chi connectivity index (χ4n) is 2.72. The largest absolute Gasteiger partial charge is 0.352 e. The number of hydrogen-bond acceptors (Lipinski definition) is 3. The molecule has 3 aromatic rings. The lowest BCUT2D eigenvalue weighted by atomic mass is 10.2. The van der Waals surface area contributed by atoms with Crippen molar-refractivity contribution >= 4 is 28.7 Å². The number of carbonyl (C=O) groups is 1. The van der Waals surface area contributed by atoms with Crippen LogP contribution in [0.25, 0.3) is 11.2 Å². The van der Waals surface area contributed by atoms with Gasteiger partial charge in [0.15, 0.2) is 5.65 Å². The number of amides is 1. The molecule has 0 atom stereocenters. The molecule has 6 heteroatoms. The molecule has 0 spiro atoms. The summed E-state index contributed by atoms with van der Waals surface area (Å²) in [5.41, 5.74) is 2.23. The Morgan fingerprint density at radius 3 is 2.79 bits per heavy atom. The first-order valence-electron chi connectivity index (χ1n) is 7.92. The second kappa shape index (κ2) is 7.01. The summed E-state index contributed by atoms with van der Waals surface area (Å²) in [4.78, 5) is 21.3. The van der Waals surface area contributed by atoms with Crippen molar-refractivity contribution in [1.29, 1.82) is 0 Å². The van der Waals surface area contributed by atoms with E-state index in [2.05, 4.69) is 33.7 Å². The highest BCUT2D eigenvalue weighted by molar-refractivity contribution is 6.33. The van der Waals surface area contributed by atoms with E-state index in [4.69, 9.17) is 11.6 Å². The van der Waals surface area contributed by atoms with Crippen molar-refractivity contribution in [1.82, 2.24) is 19.9 Å². The summed E-state index contributed by atoms with van der Waals surface area (Å²) in [6.45, 7) is 4.68. The van der Waals surface area contributed by atoms with Crippen LogP contribution in [0.4, 0.5) is 0 Å². The molecule has 0 saturated carbocycles. The summed E-state index contributed by atoms with van der Waals surface area (Å²) in [6.07, 6.45) is 2.40. The van der Waals surface area contributed by atoms with Crippen LogP contribution in [0.3, 0.4) is 0 Å². The average Bonchev–Trinajstić information content (AvgIpc) is 2.93. The molecule has 24 heavy (non-hydrogen) atoms. The highest BCUT2D eigenvalue weighted by atomic mass is 35.5. The van der Waals surface area contributed by atoms with E-state index in [1.165, 1.54) is 0 Å². The molecule has 0 aliphatic heterocycles. The summed E-state index contributed by atoms with van der Waals surface area (Å²) in [7, 11) is 0. The third kappa shape index (κ3) is 3.26. The molecule has 0 unspecified atom stereocenters. The first kappa shape index (κ1) is 16.5. The maximum absolute atomic E-state index is 12.2. The Labute approximate surface area is 145 Å². The molecule has 1 aromatic carbocycles. The molecule has 124 valence electrons. The molecule has 1 N–H and O–H groups in total. The maximum atomic E-state index is 12.2. The number of rotatable bonds is 5. The molecule has 0 aliphatic rings. The number of halogens is 1. The first-order valence-corrected chi connectivity index (χ1v) is 8.30. The van der Waals surface area contributed by atoms with Crippen LogP contribution in [0.5, 0.6) is 0 Å². The van der Waals surface area contributed by atoms with Crippen LogP contribution >= 0.6 is 11.6 Å². The van der Waals surface area contributed by atoms with Gasteiger partial charge >= 0.3 is 0 Å². The number of pyridine rings is 1. The molecule has 3 rings (SSSR count). The Balaban J connectivity index is 1.73. The Morgan fingerprint density at radius 2 is 2.04 bits per heavy atom. The minimum Gasteiger partial charge on any atom is -0.352 e. The molecule has 0 aliphatic carbocycles. The van der Waals surface area contributed by atoms with Gasteiger partial charge in [0.2, 0.25) is 0 Å². The van der Waals surface area contributed by atoms with Crippen molar-refractivity contribution in [2.75, 3.05) is 6.54 Å². The monoisotopic (exact) mass is 342 g/mol. The number of aromatic nitrogens is 3. The quantitative estimate of drug-likeness (QED) is 0.770. The van der Waals surface area contributed by atoms with Gasteiger partial charge in [0.25, 0.3) is 5.91 Å². The van der Waals surface area contributed by atoms with Gasteiger partial charge in [-0.2, -0.15) is 0 Å². The van der Waals surface area contributed by atoms with Crippen molar-refractivity contribution in [2.24, 2.45) is 0 Å². The predicted molar refractivity (Wildman–Crippen MR) is 95.4 cm³/mol. The zero-order valence-corrected chi connectivity index (χ0v) is 14.4. The third-order valence-electron chi connectivity index (χ3n) is 3.79. The molecule has 2 aromatic heterocycles. The fourth-order valence-corrected chi connectivity index (χ4v) is 2.95. The van der Waals surface area contributed by atoms with Gasteiger partial charge in [-0.05, 0) is 38.1 Å². The highest BCUT2D eigenvalue weighted by Crippen LogP contribution is 2.19. The van der Waals surface area contributed by atoms with Crippen molar-refractivity contribution in [2.45, 2.75) is 26.3 Å². The predicted octanol–water partition coefficient (Wildman–Crippen LogP) is 3.64. The molecule has 2 heterocycles. The zero-order valence-electron chi connectivity index (χ0n) is 13.7. The second-order valence-electron chi connectivity index (χ2n) is 5.82. The molecule has 5 nitrogen and oxygen atoms in total. The van der Waals surface area contributed by atoms with E-state index in [9.17, 15) is 4.79 Å². The smallest absolute Gasteiger partial charge is 0.252 e. The molecular formula is C18H19ClN4O. The molecule has 0 bridgehead atoms. The SMILES string of the molecule is CC(C)n1c(CCNC(=O)c2ccccc2Cl)nc2cccnc21. The normalized spacial score (nSPS) is 11.2. The molecule has 0 saturated heterocycles. The van der Waals surface area contributed by atoms with Crippen LogP contribution in [-0.4, -0.2) is 27.0 Å². The summed E-state index contributed by atoms with van der Waals surface area (Å²) in [5, 5.41) is 3.35. The van der Waals surface area contributed by atoms with Gasteiger partial charge in [0.05, 0.1) is 10.6 Å². The summed E-state index contributed by atoms with van der Waals surface area (Å²) >= 11 is 6.05. The van der Waals surface area contributed by atoms with E-state index < -0.39 is 0 Å². The van der Waals surface area contributed by atoms with Crippen LogP contribution in [0.15, 0.2) is 42.6 Å². The van der Waals surface area contributed by atoms with Crippen molar-refractivity contribution in [3.63, 3.8) is 0 Å². The lowest BCUT2D eigenvalue weighted by molar-refractivity contribution is 0.0954. The van der Waals surface area contributed by atoms with E-state index in [0.717, 1.165) is 17.0 Å². The second-order valence-corrected chi connectivity index (χ2v) is 6.23. The molecular weight excluding hydrogens is 324 g/mol. The number of nitrogens with zero attached hydrogens (tertiary/aromatic N) is 3. The first-order chi connectivity index (χ1) is 11.6. The lowest BCUT2D eigenvalue weighted by Gasteiger charge is -2.12. The van der Waals surface area contributed by atoms with Crippen LogP contribution in [0, 0.1) is 0 Å². The van der Waals surface area contributed by atoms with Gasteiger partial charge in [-0.3, -0.25) is 4.79 Å². The number of hydrogen-bond donors (Lipinski definition) is 1. The van der Waals surface area contributed by atoms with Gasteiger partial charge < -0.3 is 9.88 Å². The van der Waals surface area contributed by atoms with Crippen LogP contribution in [0.2, 0.25) is 5.02 Å². The number of benzene rings is 1. The van der Waals surface area contributed by atoms with Gasteiger partial charge in [-0.1, -0.05) is 23.7 Å². The number of nitrogens with one attached hydrogen (secondary N) is 1. The van der Waals surface area contributed by atoms with Crippen molar-refractivity contribution in [3.05, 3.63) is 59.0 Å². The fraction of sp³-hybridized carbons (Fsp3) is 0.278. The third-order valence-corrected chi connectivity index (χ3v) is 4.12. The Kier molecular flexibility index (Phi) is 4.81. The van der Waals surface area contributed by atoms with Crippen molar-refractivity contribution in [3.8, 4) is 0 Å². The van der Waals surface area contributed by atoms with E-state index in [1.54, 1.807) is 30.5 Å². The number of imidazole rings is 1. The molecule has 0 radical (unpaired) electrons. The lowest BCUT2D eigenvalue weighted by Crippen LogP contribution is -2.26. The van der Waals surface area contributed by atoms with E-state index in [-0.39, 0.29) is 11.9 Å². The molecule has 1 amide bonds. The maximum Gasteiger partial charge on any atom is 0.252 e. The highest BCUT2D eigenvalue weighted by Gasteiger charge is 2.14. The van der Waals surface area contributed by atoms with Crippen LogP contribution in [0.1, 0.15) is 36.1 Å². The summed E-state index contributed by atoms with van der Waals surface area (Å²) in [6, 6.07) is 11.1. The topological polar surface area (TPSA) is 59.8 Å². The van der Waals surface area contributed by atoms with E-state index in [1.807, 2.05) is 12.1 Å². The zero-order chi connectivity index (χ0) is 17.1. The van der Waals surface area contributed by atoms with E-state index >= 15 is 0 Å². The minimum absolute atomic E-state index is 0.175. The standard InChI is InChI=1S/C18H19ClN4O/c1-12(2)23-16(22-15-8-5-10-20-17(15)23)9-11-21-18(24)13-6-3-4-7-14(13)19/h3-8,10,12H,9,11H2,1-2H3,(H,21,24). The Hall–Kier alpha value is -2.40. The Morgan fingerprint density at radius 1 is 1.25 bits per heavy atom. The van der Waals surface area contributed by atoms with Gasteiger partial charge in [0.1, 0.15) is 11.3 Å². The van der Waals surface area contributed by atoms with Crippen LogP contribution < -0.4 is 5.32 Å². The number of fused-ring (bicyclic) bond motifs is 1. The van der Waals surface area contributed by atoms with Crippen LogP contribution in [-0.2, 0) is 6.42 Å². The molecule has 0 fully saturated rings. The van der Waals surface area contributed by atoms with Crippen molar-refractivity contribution < 1.29 is 4.79 Å². The average molecular weight is 343 g/mol. The summed E-state index contributed by atoms with van der Waals surface area (Å²) < 4.78 is 2.11. The van der Waals surface area contributed by atoms with Gasteiger partial charge in [-0.25, -0.2) is 9.97 Å². The minimum atomic E-state index is -0.175.